The molecule has 0 bridgehead atoms. The molecule has 0 spiro atoms. The van der Waals surface area contributed by atoms with Crippen molar-refractivity contribution in [3.8, 4) is 5.75 Å². The van der Waals surface area contributed by atoms with Gasteiger partial charge in [0.2, 0.25) is 0 Å². The lowest BCUT2D eigenvalue weighted by atomic mass is 10.3. The van der Waals surface area contributed by atoms with Crippen molar-refractivity contribution in [2.45, 2.75) is 4.90 Å². The van der Waals surface area contributed by atoms with Crippen molar-refractivity contribution in [3.63, 3.8) is 0 Å². The van der Waals surface area contributed by atoms with Crippen molar-refractivity contribution in [1.82, 2.24) is 0 Å². The van der Waals surface area contributed by atoms with Gasteiger partial charge < -0.3 is 18.8 Å². The van der Waals surface area contributed by atoms with Gasteiger partial charge in [-0.1, -0.05) is 0 Å². The van der Waals surface area contributed by atoms with Crippen molar-refractivity contribution in [1.29, 1.82) is 0 Å². The second kappa shape index (κ2) is 3.42. The summed E-state index contributed by atoms with van der Waals surface area (Å²) in [5.74, 6) is -0.609. The maximum absolute atomic E-state index is 10.3. The van der Waals surface area contributed by atoms with E-state index in [1.807, 2.05) is 0 Å². The average molecular weight is 221 g/mol. The minimum Gasteiger partial charge on any atom is -0.502 e. The van der Waals surface area contributed by atoms with E-state index < -0.39 is 32.1 Å². The highest BCUT2D eigenvalue weighted by Crippen LogP contribution is 2.45. The Hall–Kier alpha value is -1.35. The number of nitrogens with zero attached hydrogens (tertiary/aromatic N) is 1. The largest absolute Gasteiger partial charge is 0.502 e. The average Bonchev–Trinajstić information content (AvgIpc) is 2.02. The maximum atomic E-state index is 10.3. The quantitative estimate of drug-likeness (QED) is 0.446. The summed E-state index contributed by atoms with van der Waals surface area (Å²) < 4.78 is 26.3. The fourth-order valence-electron chi connectivity index (χ4n) is 0.820. The Bertz CT molecular complexity index is 373. The number of benzene rings is 1. The van der Waals surface area contributed by atoms with Gasteiger partial charge in [0.25, 0.3) is 0 Å². The lowest BCUT2D eigenvalue weighted by Gasteiger charge is -2.18. The normalized spacial score (nSPS) is 12.5. The molecule has 1 aromatic carbocycles. The molecule has 0 radical (unpaired) electrons. The first-order valence-electron chi connectivity index (χ1n) is 3.30. The number of phenolic OH excluding ortho intramolecular Hbond substituents is 1. The van der Waals surface area contributed by atoms with Crippen LogP contribution in [0.15, 0.2) is 23.1 Å². The van der Waals surface area contributed by atoms with Gasteiger partial charge in [-0.2, -0.15) is 0 Å². The van der Waals surface area contributed by atoms with Crippen LogP contribution in [0.25, 0.3) is 0 Å². The summed E-state index contributed by atoms with van der Waals surface area (Å²) in [6.45, 7) is 0. The lowest BCUT2D eigenvalue weighted by Crippen LogP contribution is -1.97. The molecule has 0 aliphatic heterocycles. The van der Waals surface area contributed by atoms with Gasteiger partial charge in [0.05, 0.1) is 9.82 Å². The minimum atomic E-state index is -3.99. The molecule has 0 aliphatic rings. The summed E-state index contributed by atoms with van der Waals surface area (Å²) in [6, 6.07) is 2.58. The van der Waals surface area contributed by atoms with Crippen molar-refractivity contribution >= 4 is 16.6 Å². The standard InChI is InChI=1S/C6H7NO6S/c8-6-2-1-4(14(11,12)13)3-5(6)7(9)10/h1-3,8,11-13H. The molecule has 0 aliphatic carbocycles. The molecule has 0 heterocycles. The van der Waals surface area contributed by atoms with Gasteiger partial charge in [0.1, 0.15) is 10.9 Å². The Labute approximate surface area is 79.9 Å². The highest BCUT2D eigenvalue weighted by Gasteiger charge is 2.21. The van der Waals surface area contributed by atoms with E-state index in [9.17, 15) is 10.1 Å². The molecular formula is C6H7NO6S. The monoisotopic (exact) mass is 221 g/mol. The van der Waals surface area contributed by atoms with Crippen LogP contribution in [-0.4, -0.2) is 23.7 Å². The summed E-state index contributed by atoms with van der Waals surface area (Å²) in [5, 5.41) is 19.3. The molecule has 14 heavy (non-hydrogen) atoms. The molecule has 78 valence electrons. The Kier molecular flexibility index (Phi) is 2.62. The van der Waals surface area contributed by atoms with Gasteiger partial charge in [-0.3, -0.25) is 10.1 Å². The maximum Gasteiger partial charge on any atom is 0.312 e. The zero-order chi connectivity index (χ0) is 10.9. The number of phenols is 1. The Morgan fingerprint density at radius 2 is 1.86 bits per heavy atom. The first-order chi connectivity index (χ1) is 6.32. The van der Waals surface area contributed by atoms with Gasteiger partial charge in [0, 0.05) is 6.07 Å². The number of hydrogen-bond acceptors (Lipinski definition) is 6. The van der Waals surface area contributed by atoms with Gasteiger partial charge in [-0.25, -0.2) is 0 Å². The predicted molar refractivity (Wildman–Crippen MR) is 48.5 cm³/mol. The third-order valence-electron chi connectivity index (χ3n) is 1.46. The molecule has 0 saturated carbocycles. The van der Waals surface area contributed by atoms with Crippen LogP contribution in [0.4, 0.5) is 5.69 Å². The van der Waals surface area contributed by atoms with Crippen LogP contribution in [0.1, 0.15) is 0 Å². The SMILES string of the molecule is O=[N+]([O-])c1cc(S(O)(O)O)ccc1O. The molecule has 0 amide bonds. The van der Waals surface area contributed by atoms with E-state index in [2.05, 4.69) is 0 Å². The van der Waals surface area contributed by atoms with Crippen LogP contribution in [0.2, 0.25) is 0 Å². The van der Waals surface area contributed by atoms with Crippen LogP contribution < -0.4 is 0 Å². The van der Waals surface area contributed by atoms with Crippen molar-refractivity contribution in [2.75, 3.05) is 0 Å². The van der Waals surface area contributed by atoms with Crippen LogP contribution in [0.3, 0.4) is 0 Å². The fraction of sp³-hybridized carbons (Fsp3) is 0. The summed E-state index contributed by atoms with van der Waals surface area (Å²) in [5.41, 5.74) is -0.698. The Morgan fingerprint density at radius 1 is 1.29 bits per heavy atom. The van der Waals surface area contributed by atoms with Crippen molar-refractivity contribution in [3.05, 3.63) is 28.3 Å². The van der Waals surface area contributed by atoms with Crippen molar-refractivity contribution in [2.24, 2.45) is 0 Å². The molecule has 1 rings (SSSR count). The number of nitro groups is 1. The van der Waals surface area contributed by atoms with E-state index >= 15 is 0 Å². The van der Waals surface area contributed by atoms with Gasteiger partial charge >= 0.3 is 5.69 Å². The number of hydrogen-bond donors (Lipinski definition) is 4. The minimum absolute atomic E-state index is 0.415. The van der Waals surface area contributed by atoms with Crippen LogP contribution in [-0.2, 0) is 0 Å². The van der Waals surface area contributed by atoms with E-state index in [0.717, 1.165) is 12.1 Å². The van der Waals surface area contributed by atoms with Gasteiger partial charge in [-0.05, 0) is 12.1 Å². The molecule has 0 unspecified atom stereocenters. The summed E-state index contributed by atoms with van der Waals surface area (Å²) >= 11 is 0. The Morgan fingerprint density at radius 3 is 2.29 bits per heavy atom. The van der Waals surface area contributed by atoms with E-state index in [0.29, 0.717) is 6.07 Å². The van der Waals surface area contributed by atoms with Gasteiger partial charge in [-0.15, -0.1) is 0 Å². The summed E-state index contributed by atoms with van der Waals surface area (Å²) in [6.07, 6.45) is 0. The molecule has 0 atom stereocenters. The predicted octanol–water partition coefficient (Wildman–Crippen LogP) is 1.88. The molecule has 8 heteroatoms. The molecule has 0 aromatic heterocycles. The number of rotatable bonds is 2. The molecule has 4 N–H and O–H groups in total. The third kappa shape index (κ3) is 2.12. The highest BCUT2D eigenvalue weighted by atomic mass is 32.3. The van der Waals surface area contributed by atoms with Crippen molar-refractivity contribution < 1.29 is 23.7 Å². The highest BCUT2D eigenvalue weighted by molar-refractivity contribution is 8.19. The molecule has 0 fully saturated rings. The Balaban J connectivity index is 3.27. The summed E-state index contributed by atoms with van der Waals surface area (Å²) in [7, 11) is -3.99. The zero-order valence-corrected chi connectivity index (χ0v) is 7.51. The molecule has 1 aromatic rings. The first kappa shape index (κ1) is 10.7. The molecule has 7 nitrogen and oxygen atoms in total. The number of nitro benzene ring substituents is 1. The molecule has 0 saturated heterocycles. The summed E-state index contributed by atoms with van der Waals surface area (Å²) in [4.78, 5) is 9.00. The third-order valence-corrected chi connectivity index (χ3v) is 2.35. The van der Waals surface area contributed by atoms with E-state index in [-0.39, 0.29) is 0 Å². The van der Waals surface area contributed by atoms with Crippen LogP contribution in [0, 0.1) is 10.1 Å². The van der Waals surface area contributed by atoms with E-state index in [1.54, 1.807) is 0 Å². The van der Waals surface area contributed by atoms with Crippen LogP contribution >= 0.6 is 10.9 Å². The smallest absolute Gasteiger partial charge is 0.312 e. The van der Waals surface area contributed by atoms with E-state index in [4.69, 9.17) is 18.8 Å². The van der Waals surface area contributed by atoms with E-state index in [1.165, 1.54) is 0 Å². The van der Waals surface area contributed by atoms with Gasteiger partial charge in [0.15, 0.2) is 5.75 Å². The van der Waals surface area contributed by atoms with Crippen LogP contribution in [0.5, 0.6) is 5.75 Å². The zero-order valence-electron chi connectivity index (χ0n) is 6.69. The number of aromatic hydroxyl groups is 1. The second-order valence-electron chi connectivity index (χ2n) is 2.43. The topological polar surface area (TPSA) is 124 Å². The second-order valence-corrected chi connectivity index (χ2v) is 3.94. The lowest BCUT2D eigenvalue weighted by molar-refractivity contribution is -0.386. The first-order valence-corrected chi connectivity index (χ1v) is 4.81. The molecular weight excluding hydrogens is 214 g/mol. The fourth-order valence-corrected chi connectivity index (χ4v) is 1.34.